The fourth-order valence-electron chi connectivity index (χ4n) is 1.77. The summed E-state index contributed by atoms with van der Waals surface area (Å²) in [6, 6.07) is 5.06. The van der Waals surface area contributed by atoms with Gasteiger partial charge in [0.05, 0.1) is 37.0 Å². The molecule has 0 fully saturated rings. The molecule has 0 saturated carbocycles. The number of anilines is 1. The highest BCUT2D eigenvalue weighted by molar-refractivity contribution is 7.92. The predicted octanol–water partition coefficient (Wildman–Crippen LogP) is 1.54. The molecular formula is C13H18N2O5S. The van der Waals surface area contributed by atoms with Gasteiger partial charge in [-0.15, -0.1) is 0 Å². The van der Waals surface area contributed by atoms with E-state index in [1.807, 2.05) is 6.92 Å². The van der Waals surface area contributed by atoms with Crippen LogP contribution in [0.2, 0.25) is 0 Å². The van der Waals surface area contributed by atoms with Crippen LogP contribution in [0, 0.1) is 6.92 Å². The van der Waals surface area contributed by atoms with Crippen LogP contribution in [0.3, 0.4) is 0 Å². The van der Waals surface area contributed by atoms with Crippen LogP contribution in [0.25, 0.3) is 11.0 Å². The summed E-state index contributed by atoms with van der Waals surface area (Å²) < 4.78 is 41.4. The number of aromatic nitrogens is 1. The number of methoxy groups -OCH3 is 1. The van der Waals surface area contributed by atoms with E-state index in [1.165, 1.54) is 0 Å². The van der Waals surface area contributed by atoms with Crippen molar-refractivity contribution in [3.8, 4) is 0 Å². The van der Waals surface area contributed by atoms with Gasteiger partial charge in [0.1, 0.15) is 0 Å². The number of rotatable bonds is 8. The largest absolute Gasteiger partial charge is 0.382 e. The third-order valence-electron chi connectivity index (χ3n) is 2.85. The topological polar surface area (TPSA) is 90.7 Å². The zero-order valence-electron chi connectivity index (χ0n) is 12.0. The van der Waals surface area contributed by atoms with E-state index in [0.717, 1.165) is 11.1 Å². The molecule has 0 aliphatic rings. The van der Waals surface area contributed by atoms with E-state index in [1.54, 1.807) is 25.3 Å². The van der Waals surface area contributed by atoms with Crippen molar-refractivity contribution in [3.63, 3.8) is 0 Å². The van der Waals surface area contributed by atoms with Crippen molar-refractivity contribution >= 4 is 26.7 Å². The second-order valence-corrected chi connectivity index (χ2v) is 6.35. The number of aryl methyl sites for hydroxylation is 1. The van der Waals surface area contributed by atoms with Crippen molar-refractivity contribution in [2.45, 2.75) is 6.92 Å². The van der Waals surface area contributed by atoms with Gasteiger partial charge < -0.3 is 14.0 Å². The highest BCUT2D eigenvalue weighted by atomic mass is 32.2. The number of nitrogens with zero attached hydrogens (tertiary/aromatic N) is 1. The van der Waals surface area contributed by atoms with Gasteiger partial charge in [0, 0.05) is 18.6 Å². The number of hydrogen-bond donors (Lipinski definition) is 1. The van der Waals surface area contributed by atoms with E-state index in [4.69, 9.17) is 14.0 Å². The molecule has 0 atom stereocenters. The van der Waals surface area contributed by atoms with E-state index >= 15 is 0 Å². The van der Waals surface area contributed by atoms with Crippen LogP contribution in [0.1, 0.15) is 5.69 Å². The van der Waals surface area contributed by atoms with Gasteiger partial charge in [0.25, 0.3) is 0 Å². The summed E-state index contributed by atoms with van der Waals surface area (Å²) in [6.07, 6.45) is 0. The Kier molecular flexibility index (Phi) is 5.16. The van der Waals surface area contributed by atoms with Gasteiger partial charge in [0.2, 0.25) is 10.0 Å². The molecule has 21 heavy (non-hydrogen) atoms. The molecule has 2 aromatic rings. The number of benzene rings is 1. The lowest BCUT2D eigenvalue weighted by molar-refractivity contribution is 0.0785. The molecule has 116 valence electrons. The lowest BCUT2D eigenvalue weighted by Crippen LogP contribution is -2.20. The summed E-state index contributed by atoms with van der Waals surface area (Å²) in [5.74, 6) is -0.121. The first-order valence-electron chi connectivity index (χ1n) is 6.45. The minimum absolute atomic E-state index is 0.113. The SMILES string of the molecule is COCCOCCS(=O)(=O)Nc1ccc2c(C)noc2c1. The molecule has 0 amide bonds. The van der Waals surface area contributed by atoms with Gasteiger partial charge >= 0.3 is 0 Å². The zero-order chi connectivity index (χ0) is 15.3. The Morgan fingerprint density at radius 1 is 1.29 bits per heavy atom. The maximum Gasteiger partial charge on any atom is 0.235 e. The molecule has 0 aliphatic heterocycles. The molecule has 7 nitrogen and oxygen atoms in total. The molecule has 1 N–H and O–H groups in total. The van der Waals surface area contributed by atoms with Crippen molar-refractivity contribution in [3.05, 3.63) is 23.9 Å². The maximum absolute atomic E-state index is 11.9. The average Bonchev–Trinajstić information content (AvgIpc) is 2.79. The molecular weight excluding hydrogens is 296 g/mol. The van der Waals surface area contributed by atoms with Crippen LogP contribution in [-0.4, -0.2) is 46.3 Å². The maximum atomic E-state index is 11.9. The van der Waals surface area contributed by atoms with Crippen LogP contribution in [-0.2, 0) is 19.5 Å². The quantitative estimate of drug-likeness (QED) is 0.743. The van der Waals surface area contributed by atoms with Crippen LogP contribution < -0.4 is 4.72 Å². The van der Waals surface area contributed by atoms with Gasteiger partial charge in [-0.2, -0.15) is 0 Å². The third-order valence-corrected chi connectivity index (χ3v) is 4.10. The number of sulfonamides is 1. The summed E-state index contributed by atoms with van der Waals surface area (Å²) in [6.45, 7) is 2.75. The lowest BCUT2D eigenvalue weighted by atomic mass is 10.2. The van der Waals surface area contributed by atoms with E-state index < -0.39 is 10.0 Å². The van der Waals surface area contributed by atoms with Crippen molar-refractivity contribution in [2.24, 2.45) is 0 Å². The zero-order valence-corrected chi connectivity index (χ0v) is 12.8. The van der Waals surface area contributed by atoms with Gasteiger partial charge in [0.15, 0.2) is 5.58 Å². The molecule has 0 saturated heterocycles. The van der Waals surface area contributed by atoms with Crippen molar-refractivity contribution in [2.75, 3.05) is 37.4 Å². The lowest BCUT2D eigenvalue weighted by Gasteiger charge is -2.08. The van der Waals surface area contributed by atoms with E-state index in [0.29, 0.717) is 24.5 Å². The van der Waals surface area contributed by atoms with Gasteiger partial charge in [-0.1, -0.05) is 5.16 Å². The fourth-order valence-corrected chi connectivity index (χ4v) is 2.70. The first-order chi connectivity index (χ1) is 10.0. The molecule has 0 bridgehead atoms. The molecule has 0 radical (unpaired) electrons. The Morgan fingerprint density at radius 3 is 2.86 bits per heavy atom. The second-order valence-electron chi connectivity index (χ2n) is 4.51. The normalized spacial score (nSPS) is 11.9. The molecule has 0 unspecified atom stereocenters. The Morgan fingerprint density at radius 2 is 2.10 bits per heavy atom. The summed E-state index contributed by atoms with van der Waals surface area (Å²) >= 11 is 0. The molecule has 0 spiro atoms. The molecule has 1 heterocycles. The first kappa shape index (κ1) is 15.7. The van der Waals surface area contributed by atoms with Gasteiger partial charge in [-0.25, -0.2) is 8.42 Å². The smallest absolute Gasteiger partial charge is 0.235 e. The Labute approximate surface area is 123 Å². The van der Waals surface area contributed by atoms with Crippen molar-refractivity contribution in [1.29, 1.82) is 0 Å². The number of nitrogens with one attached hydrogen (secondary N) is 1. The second kappa shape index (κ2) is 6.88. The van der Waals surface area contributed by atoms with E-state index in [-0.39, 0.29) is 12.4 Å². The summed E-state index contributed by atoms with van der Waals surface area (Å²) in [4.78, 5) is 0. The fraction of sp³-hybridized carbons (Fsp3) is 0.462. The summed E-state index contributed by atoms with van der Waals surface area (Å²) in [5, 5.41) is 4.69. The van der Waals surface area contributed by atoms with Crippen LogP contribution in [0.15, 0.2) is 22.7 Å². The van der Waals surface area contributed by atoms with Crippen molar-refractivity contribution < 1.29 is 22.4 Å². The first-order valence-corrected chi connectivity index (χ1v) is 8.10. The minimum Gasteiger partial charge on any atom is -0.382 e. The standard InChI is InChI=1S/C13H18N2O5S/c1-10-12-4-3-11(9-13(12)20-14-10)15-21(16,17)8-7-19-6-5-18-2/h3-4,9,15H,5-8H2,1-2H3. The van der Waals surface area contributed by atoms with Crippen LogP contribution in [0.5, 0.6) is 0 Å². The summed E-state index contributed by atoms with van der Waals surface area (Å²) in [7, 11) is -1.90. The number of fused-ring (bicyclic) bond motifs is 1. The molecule has 1 aromatic carbocycles. The summed E-state index contributed by atoms with van der Waals surface area (Å²) in [5.41, 5.74) is 1.76. The highest BCUT2D eigenvalue weighted by Crippen LogP contribution is 2.22. The Balaban J connectivity index is 1.94. The van der Waals surface area contributed by atoms with E-state index in [9.17, 15) is 8.42 Å². The average molecular weight is 314 g/mol. The van der Waals surface area contributed by atoms with E-state index in [2.05, 4.69) is 9.88 Å². The van der Waals surface area contributed by atoms with Crippen molar-refractivity contribution in [1.82, 2.24) is 5.16 Å². The predicted molar refractivity (Wildman–Crippen MR) is 78.9 cm³/mol. The number of hydrogen-bond acceptors (Lipinski definition) is 6. The van der Waals surface area contributed by atoms with Gasteiger partial charge in [-0.3, -0.25) is 4.72 Å². The molecule has 1 aromatic heterocycles. The monoisotopic (exact) mass is 314 g/mol. The Bertz CT molecular complexity index is 696. The Hall–Kier alpha value is -1.64. The minimum atomic E-state index is -3.46. The van der Waals surface area contributed by atoms with Gasteiger partial charge in [-0.05, 0) is 19.1 Å². The molecule has 0 aliphatic carbocycles. The van der Waals surface area contributed by atoms with Crippen LogP contribution in [0.4, 0.5) is 5.69 Å². The highest BCUT2D eigenvalue weighted by Gasteiger charge is 2.12. The van der Waals surface area contributed by atoms with Crippen LogP contribution >= 0.6 is 0 Å². The number of ether oxygens (including phenoxy) is 2. The third kappa shape index (κ3) is 4.42. The molecule has 2 rings (SSSR count). The molecule has 8 heteroatoms.